The van der Waals surface area contributed by atoms with E-state index >= 15 is 0 Å². The van der Waals surface area contributed by atoms with Crippen molar-refractivity contribution in [3.05, 3.63) is 58.0 Å². The molecule has 6 heteroatoms. The number of hydrogen-bond acceptors (Lipinski definition) is 5. The summed E-state index contributed by atoms with van der Waals surface area (Å²) in [5.41, 5.74) is 3.97. The van der Waals surface area contributed by atoms with Crippen LogP contribution in [0, 0.1) is 20.8 Å². The molecule has 0 fully saturated rings. The van der Waals surface area contributed by atoms with Crippen molar-refractivity contribution in [2.24, 2.45) is 0 Å². The van der Waals surface area contributed by atoms with Crippen molar-refractivity contribution in [2.75, 3.05) is 12.9 Å². The molecule has 1 amide bonds. The molecule has 0 unspecified atom stereocenters. The number of carbonyl (C=O) groups excluding carboxylic acids is 2. The molecule has 1 heterocycles. The predicted octanol–water partition coefficient (Wildman–Crippen LogP) is 4.10. The lowest BCUT2D eigenvalue weighted by molar-refractivity contribution is -0.119. The van der Waals surface area contributed by atoms with Gasteiger partial charge in [-0.25, -0.2) is 4.79 Å². The third-order valence-electron chi connectivity index (χ3n) is 4.26. The van der Waals surface area contributed by atoms with Crippen LogP contribution in [0.25, 0.3) is 0 Å². The van der Waals surface area contributed by atoms with Crippen molar-refractivity contribution < 1.29 is 18.7 Å². The van der Waals surface area contributed by atoms with Gasteiger partial charge < -0.3 is 14.5 Å². The molecule has 1 aromatic heterocycles. The van der Waals surface area contributed by atoms with Crippen LogP contribution in [-0.4, -0.2) is 24.7 Å². The largest absolute Gasteiger partial charge is 0.465 e. The number of carbonyl (C=O) groups is 2. The molecule has 140 valence electrons. The Morgan fingerprint density at radius 2 is 1.92 bits per heavy atom. The lowest BCUT2D eigenvalue weighted by Gasteiger charge is -2.15. The van der Waals surface area contributed by atoms with Crippen LogP contribution in [0.2, 0.25) is 0 Å². The molecule has 0 radical (unpaired) electrons. The Hall–Kier alpha value is -2.21. The summed E-state index contributed by atoms with van der Waals surface area (Å²) in [6, 6.07) is 7.84. The minimum atomic E-state index is -0.414. The number of esters is 1. The lowest BCUT2D eigenvalue weighted by atomic mass is 10.0. The molecule has 2 rings (SSSR count). The third-order valence-corrected chi connectivity index (χ3v) is 5.22. The summed E-state index contributed by atoms with van der Waals surface area (Å²) in [6.45, 7) is 7.84. The van der Waals surface area contributed by atoms with Crippen molar-refractivity contribution >= 4 is 23.6 Å². The monoisotopic (exact) mass is 375 g/mol. The maximum absolute atomic E-state index is 12.2. The van der Waals surface area contributed by atoms with Gasteiger partial charge in [-0.2, -0.15) is 0 Å². The molecule has 0 bridgehead atoms. The fraction of sp³-hybridized carbons (Fsp3) is 0.400. The van der Waals surface area contributed by atoms with Crippen molar-refractivity contribution in [3.63, 3.8) is 0 Å². The minimum Gasteiger partial charge on any atom is -0.465 e. The first-order chi connectivity index (χ1) is 12.3. The highest BCUT2D eigenvalue weighted by molar-refractivity contribution is 7.99. The number of furan rings is 1. The van der Waals surface area contributed by atoms with Gasteiger partial charge in [-0.3, -0.25) is 4.79 Å². The van der Waals surface area contributed by atoms with Gasteiger partial charge in [0, 0.05) is 0 Å². The van der Waals surface area contributed by atoms with E-state index in [-0.39, 0.29) is 11.9 Å². The summed E-state index contributed by atoms with van der Waals surface area (Å²) in [4.78, 5) is 23.7. The Morgan fingerprint density at radius 1 is 1.19 bits per heavy atom. The lowest BCUT2D eigenvalue weighted by Crippen LogP contribution is -2.28. The van der Waals surface area contributed by atoms with Gasteiger partial charge in [0.1, 0.15) is 17.1 Å². The molecular formula is C20H25NO4S. The zero-order chi connectivity index (χ0) is 19.3. The SMILES string of the molecule is COC(=O)c1cc(CSCC(=O)N[C@H](C)c2ccc(C)c(C)c2)oc1C. The molecule has 0 aliphatic rings. The number of hydrogen-bond donors (Lipinski definition) is 1. The highest BCUT2D eigenvalue weighted by Gasteiger charge is 2.16. The van der Waals surface area contributed by atoms with Gasteiger partial charge in [0.15, 0.2) is 0 Å². The summed E-state index contributed by atoms with van der Waals surface area (Å²) in [7, 11) is 1.34. The van der Waals surface area contributed by atoms with Crippen molar-refractivity contribution in [1.29, 1.82) is 0 Å². The maximum Gasteiger partial charge on any atom is 0.341 e. The van der Waals surface area contributed by atoms with Crippen LogP contribution < -0.4 is 5.32 Å². The van der Waals surface area contributed by atoms with E-state index in [0.29, 0.717) is 28.6 Å². The molecule has 0 aliphatic carbocycles. The number of nitrogens with one attached hydrogen (secondary N) is 1. The summed E-state index contributed by atoms with van der Waals surface area (Å²) >= 11 is 1.44. The van der Waals surface area contributed by atoms with Crippen molar-refractivity contribution in [1.82, 2.24) is 5.32 Å². The highest BCUT2D eigenvalue weighted by atomic mass is 32.2. The van der Waals surface area contributed by atoms with Crippen LogP contribution in [0.3, 0.4) is 0 Å². The molecular weight excluding hydrogens is 350 g/mol. The second-order valence-electron chi connectivity index (χ2n) is 6.30. The van der Waals surface area contributed by atoms with Gasteiger partial charge in [0.2, 0.25) is 5.91 Å². The normalized spacial score (nSPS) is 11.9. The topological polar surface area (TPSA) is 68.5 Å². The molecule has 1 N–H and O–H groups in total. The fourth-order valence-corrected chi connectivity index (χ4v) is 3.29. The summed E-state index contributed by atoms with van der Waals surface area (Å²) < 4.78 is 10.2. The van der Waals surface area contributed by atoms with Crippen molar-refractivity contribution in [2.45, 2.75) is 39.5 Å². The Bertz CT molecular complexity index is 797. The molecule has 1 atom stereocenters. The molecule has 0 aliphatic heterocycles. The fourth-order valence-electron chi connectivity index (χ4n) is 2.57. The smallest absolute Gasteiger partial charge is 0.341 e. The highest BCUT2D eigenvalue weighted by Crippen LogP contribution is 2.21. The van der Waals surface area contributed by atoms with Crippen LogP contribution in [0.5, 0.6) is 0 Å². The first-order valence-corrected chi connectivity index (χ1v) is 9.59. The molecule has 26 heavy (non-hydrogen) atoms. The first-order valence-electron chi connectivity index (χ1n) is 8.43. The molecule has 0 spiro atoms. The van der Waals surface area contributed by atoms with E-state index in [4.69, 9.17) is 9.15 Å². The van der Waals surface area contributed by atoms with Crippen LogP contribution in [0.4, 0.5) is 0 Å². The number of ether oxygens (including phenoxy) is 1. The number of rotatable bonds is 7. The van der Waals surface area contributed by atoms with E-state index in [1.165, 1.54) is 30.0 Å². The van der Waals surface area contributed by atoms with Gasteiger partial charge in [-0.15, -0.1) is 11.8 Å². The average molecular weight is 375 g/mol. The number of aryl methyl sites for hydroxylation is 3. The molecule has 2 aromatic rings. The average Bonchev–Trinajstić information content (AvgIpc) is 2.97. The summed E-state index contributed by atoms with van der Waals surface area (Å²) in [5.74, 6) is 1.58. The summed E-state index contributed by atoms with van der Waals surface area (Å²) in [5, 5.41) is 3.01. The Balaban J connectivity index is 1.83. The van der Waals surface area contributed by atoms with E-state index in [1.807, 2.05) is 13.0 Å². The Morgan fingerprint density at radius 3 is 2.58 bits per heavy atom. The van der Waals surface area contributed by atoms with Gasteiger partial charge in [0.05, 0.1) is 24.7 Å². The van der Waals surface area contributed by atoms with E-state index < -0.39 is 5.97 Å². The molecule has 5 nitrogen and oxygen atoms in total. The van der Waals surface area contributed by atoms with Crippen molar-refractivity contribution in [3.8, 4) is 0 Å². The zero-order valence-electron chi connectivity index (χ0n) is 15.8. The number of methoxy groups -OCH3 is 1. The number of amides is 1. The van der Waals surface area contributed by atoms with E-state index in [9.17, 15) is 9.59 Å². The van der Waals surface area contributed by atoms with E-state index in [2.05, 4.69) is 31.3 Å². The number of benzene rings is 1. The first kappa shape index (κ1) is 20.1. The van der Waals surface area contributed by atoms with E-state index in [0.717, 1.165) is 5.56 Å². The minimum absolute atomic E-state index is 0.0304. The Kier molecular flexibility index (Phi) is 6.91. The molecule has 0 saturated carbocycles. The Labute approximate surface area is 158 Å². The van der Waals surface area contributed by atoms with Crippen LogP contribution >= 0.6 is 11.8 Å². The van der Waals surface area contributed by atoms with Crippen LogP contribution in [-0.2, 0) is 15.3 Å². The maximum atomic E-state index is 12.2. The molecule has 0 saturated heterocycles. The van der Waals surface area contributed by atoms with E-state index in [1.54, 1.807) is 13.0 Å². The van der Waals surface area contributed by atoms with Gasteiger partial charge in [-0.1, -0.05) is 18.2 Å². The third kappa shape index (κ3) is 5.14. The standard InChI is InChI=1S/C20H25NO4S/c1-12-6-7-16(8-13(12)2)14(3)21-19(22)11-26-10-17-9-18(15(4)25-17)20(23)24-5/h6-9,14H,10-11H2,1-5H3,(H,21,22)/t14-/m1/s1. The predicted molar refractivity (Wildman–Crippen MR) is 103 cm³/mol. The van der Waals surface area contributed by atoms with Gasteiger partial charge in [0.25, 0.3) is 0 Å². The summed E-state index contributed by atoms with van der Waals surface area (Å²) in [6.07, 6.45) is 0. The number of thioether (sulfide) groups is 1. The quantitative estimate of drug-likeness (QED) is 0.738. The van der Waals surface area contributed by atoms with Gasteiger partial charge >= 0.3 is 5.97 Å². The second-order valence-corrected chi connectivity index (χ2v) is 7.29. The van der Waals surface area contributed by atoms with Crippen LogP contribution in [0.1, 0.15) is 51.5 Å². The van der Waals surface area contributed by atoms with Crippen LogP contribution in [0.15, 0.2) is 28.7 Å². The zero-order valence-corrected chi connectivity index (χ0v) is 16.7. The van der Waals surface area contributed by atoms with Gasteiger partial charge in [-0.05, 0) is 50.5 Å². The molecule has 1 aromatic carbocycles. The second kappa shape index (κ2) is 8.94.